The Labute approximate surface area is 120 Å². The highest BCUT2D eigenvalue weighted by Crippen LogP contribution is 2.31. The van der Waals surface area contributed by atoms with Crippen molar-refractivity contribution in [3.05, 3.63) is 57.5 Å². The molecule has 4 heteroatoms. The Morgan fingerprint density at radius 2 is 1.83 bits per heavy atom. The van der Waals surface area contributed by atoms with Crippen LogP contribution in [0, 0.1) is 0 Å². The second-order valence-electron chi connectivity index (χ2n) is 4.16. The Hall–Kier alpha value is -1.19. The molecule has 0 aliphatic rings. The second kappa shape index (κ2) is 5.63. The lowest BCUT2D eigenvalue weighted by Gasteiger charge is -2.22. The standard InChI is InChI=1S/C14H14BrClN2/c1-18(9-10-5-7-11(15)8-6-10)14-12(16)3-2-4-13(14)17/h2-8H,9,17H2,1H3. The van der Waals surface area contributed by atoms with Crippen LogP contribution in [0.5, 0.6) is 0 Å². The Bertz CT molecular complexity index is 520. The van der Waals surface area contributed by atoms with Gasteiger partial charge in [-0.05, 0) is 29.8 Å². The van der Waals surface area contributed by atoms with Crippen molar-refractivity contribution >= 4 is 38.9 Å². The van der Waals surface area contributed by atoms with E-state index >= 15 is 0 Å². The van der Waals surface area contributed by atoms with Gasteiger partial charge in [0.05, 0.1) is 16.4 Å². The molecule has 2 aromatic carbocycles. The molecule has 2 nitrogen and oxygen atoms in total. The van der Waals surface area contributed by atoms with Gasteiger partial charge in [-0.1, -0.05) is 45.7 Å². The van der Waals surface area contributed by atoms with Gasteiger partial charge in [0.1, 0.15) is 0 Å². The largest absolute Gasteiger partial charge is 0.397 e. The Kier molecular flexibility index (Phi) is 4.15. The molecule has 2 aromatic rings. The molecule has 0 amide bonds. The number of nitrogens with zero attached hydrogens (tertiary/aromatic N) is 1. The van der Waals surface area contributed by atoms with Gasteiger partial charge < -0.3 is 10.6 Å². The summed E-state index contributed by atoms with van der Waals surface area (Å²) in [5, 5.41) is 0.676. The van der Waals surface area contributed by atoms with Gasteiger partial charge in [0.25, 0.3) is 0 Å². The Balaban J connectivity index is 2.22. The number of halogens is 2. The van der Waals surface area contributed by atoms with Gasteiger partial charge in [0, 0.05) is 18.1 Å². The molecule has 0 spiro atoms. The molecule has 0 heterocycles. The number of benzene rings is 2. The van der Waals surface area contributed by atoms with E-state index in [0.29, 0.717) is 10.7 Å². The van der Waals surface area contributed by atoms with Crippen molar-refractivity contribution in [3.8, 4) is 0 Å². The number of rotatable bonds is 3. The van der Waals surface area contributed by atoms with Crippen LogP contribution in [0.2, 0.25) is 5.02 Å². The van der Waals surface area contributed by atoms with E-state index in [1.807, 2.05) is 37.4 Å². The highest BCUT2D eigenvalue weighted by Gasteiger charge is 2.10. The van der Waals surface area contributed by atoms with E-state index in [1.54, 1.807) is 0 Å². The minimum absolute atomic E-state index is 0.676. The van der Waals surface area contributed by atoms with Crippen LogP contribution in [0.1, 0.15) is 5.56 Å². The van der Waals surface area contributed by atoms with Gasteiger partial charge in [-0.15, -0.1) is 0 Å². The van der Waals surface area contributed by atoms with E-state index in [2.05, 4.69) is 33.0 Å². The Morgan fingerprint density at radius 3 is 2.44 bits per heavy atom. The average Bonchev–Trinajstić information content (AvgIpc) is 2.32. The first kappa shape index (κ1) is 13.2. The summed E-state index contributed by atoms with van der Waals surface area (Å²) >= 11 is 9.61. The molecule has 0 fully saturated rings. The van der Waals surface area contributed by atoms with Crippen molar-refractivity contribution in [2.45, 2.75) is 6.54 Å². The number of hydrogen-bond donors (Lipinski definition) is 1. The van der Waals surface area contributed by atoms with Crippen molar-refractivity contribution in [1.29, 1.82) is 0 Å². The van der Waals surface area contributed by atoms with Crippen LogP contribution >= 0.6 is 27.5 Å². The zero-order valence-electron chi connectivity index (χ0n) is 10.0. The predicted molar refractivity (Wildman–Crippen MR) is 82.1 cm³/mol. The third-order valence-corrected chi connectivity index (χ3v) is 3.57. The lowest BCUT2D eigenvalue weighted by Crippen LogP contribution is -2.18. The molecule has 0 radical (unpaired) electrons. The van der Waals surface area contributed by atoms with Crippen molar-refractivity contribution < 1.29 is 0 Å². The van der Waals surface area contributed by atoms with Crippen LogP contribution in [-0.2, 0) is 6.54 Å². The molecule has 0 bridgehead atoms. The quantitative estimate of drug-likeness (QED) is 0.852. The lowest BCUT2D eigenvalue weighted by atomic mass is 10.2. The molecule has 18 heavy (non-hydrogen) atoms. The zero-order chi connectivity index (χ0) is 13.1. The van der Waals surface area contributed by atoms with Gasteiger partial charge in [0.2, 0.25) is 0 Å². The monoisotopic (exact) mass is 324 g/mol. The third-order valence-electron chi connectivity index (χ3n) is 2.73. The number of nitrogen functional groups attached to an aromatic ring is 1. The van der Waals surface area contributed by atoms with E-state index in [-0.39, 0.29) is 0 Å². The summed E-state index contributed by atoms with van der Waals surface area (Å²) in [6.45, 7) is 0.765. The highest BCUT2D eigenvalue weighted by atomic mass is 79.9. The van der Waals surface area contributed by atoms with E-state index in [4.69, 9.17) is 17.3 Å². The summed E-state index contributed by atoms with van der Waals surface area (Å²) < 4.78 is 1.08. The molecule has 2 rings (SSSR count). The van der Waals surface area contributed by atoms with Gasteiger partial charge in [0.15, 0.2) is 0 Å². The normalized spacial score (nSPS) is 10.4. The van der Waals surface area contributed by atoms with Crippen molar-refractivity contribution in [2.75, 3.05) is 17.7 Å². The van der Waals surface area contributed by atoms with Gasteiger partial charge in [-0.3, -0.25) is 0 Å². The third kappa shape index (κ3) is 2.98. The fourth-order valence-electron chi connectivity index (χ4n) is 1.88. The van der Waals surface area contributed by atoms with Crippen LogP contribution in [0.15, 0.2) is 46.9 Å². The molecular weight excluding hydrogens is 312 g/mol. The summed E-state index contributed by atoms with van der Waals surface area (Å²) in [4.78, 5) is 2.06. The van der Waals surface area contributed by atoms with E-state index < -0.39 is 0 Å². The molecule has 0 saturated carbocycles. The molecule has 2 N–H and O–H groups in total. The average molecular weight is 326 g/mol. The fraction of sp³-hybridized carbons (Fsp3) is 0.143. The van der Waals surface area contributed by atoms with Crippen LogP contribution in [-0.4, -0.2) is 7.05 Å². The molecule has 94 valence electrons. The van der Waals surface area contributed by atoms with Crippen molar-refractivity contribution in [1.82, 2.24) is 0 Å². The highest BCUT2D eigenvalue weighted by molar-refractivity contribution is 9.10. The number of anilines is 2. The maximum absolute atomic E-state index is 6.19. The molecule has 0 aliphatic carbocycles. The van der Waals surface area contributed by atoms with Crippen LogP contribution in [0.3, 0.4) is 0 Å². The first-order chi connectivity index (χ1) is 8.58. The summed E-state index contributed by atoms with van der Waals surface area (Å²) in [6, 6.07) is 13.8. The second-order valence-corrected chi connectivity index (χ2v) is 5.48. The number of nitrogens with two attached hydrogens (primary N) is 1. The molecular formula is C14H14BrClN2. The summed E-state index contributed by atoms with van der Waals surface area (Å²) in [5.74, 6) is 0. The maximum atomic E-state index is 6.19. The molecule has 0 aliphatic heterocycles. The van der Waals surface area contributed by atoms with Gasteiger partial charge in [-0.2, -0.15) is 0 Å². The van der Waals surface area contributed by atoms with Crippen molar-refractivity contribution in [3.63, 3.8) is 0 Å². The summed E-state index contributed by atoms with van der Waals surface area (Å²) in [6.07, 6.45) is 0. The first-order valence-corrected chi connectivity index (χ1v) is 6.74. The SMILES string of the molecule is CN(Cc1ccc(Br)cc1)c1c(N)cccc1Cl. The molecule has 0 unspecified atom stereocenters. The van der Waals surface area contributed by atoms with Gasteiger partial charge in [-0.25, -0.2) is 0 Å². The number of para-hydroxylation sites is 1. The van der Waals surface area contributed by atoms with E-state index in [1.165, 1.54) is 5.56 Å². The topological polar surface area (TPSA) is 29.3 Å². The smallest absolute Gasteiger partial charge is 0.0789 e. The van der Waals surface area contributed by atoms with Gasteiger partial charge >= 0.3 is 0 Å². The fourth-order valence-corrected chi connectivity index (χ4v) is 2.47. The minimum Gasteiger partial charge on any atom is -0.397 e. The predicted octanol–water partition coefficient (Wildman–Crippen LogP) is 4.32. The summed E-state index contributed by atoms with van der Waals surface area (Å²) in [5.41, 5.74) is 8.75. The maximum Gasteiger partial charge on any atom is 0.0789 e. The zero-order valence-corrected chi connectivity index (χ0v) is 12.4. The van der Waals surface area contributed by atoms with Crippen LogP contribution < -0.4 is 10.6 Å². The number of hydrogen-bond acceptors (Lipinski definition) is 2. The van der Waals surface area contributed by atoms with Crippen molar-refractivity contribution in [2.24, 2.45) is 0 Å². The lowest BCUT2D eigenvalue weighted by molar-refractivity contribution is 0.924. The molecule has 0 atom stereocenters. The van der Waals surface area contributed by atoms with E-state index in [0.717, 1.165) is 16.7 Å². The summed E-state index contributed by atoms with van der Waals surface area (Å²) in [7, 11) is 1.99. The molecule has 0 aromatic heterocycles. The Morgan fingerprint density at radius 1 is 1.17 bits per heavy atom. The van der Waals surface area contributed by atoms with Crippen LogP contribution in [0.4, 0.5) is 11.4 Å². The van der Waals surface area contributed by atoms with Crippen LogP contribution in [0.25, 0.3) is 0 Å². The van der Waals surface area contributed by atoms with E-state index in [9.17, 15) is 0 Å². The first-order valence-electron chi connectivity index (χ1n) is 5.57. The molecule has 0 saturated heterocycles. The minimum atomic E-state index is 0.676.